The highest BCUT2D eigenvalue weighted by atomic mass is 32.1. The molecule has 0 saturated heterocycles. The van der Waals surface area contributed by atoms with Crippen molar-refractivity contribution in [3.63, 3.8) is 0 Å². The van der Waals surface area contributed by atoms with E-state index in [2.05, 4.69) is 26.5 Å². The number of hydrogen-bond acceptors (Lipinski definition) is 6. The van der Waals surface area contributed by atoms with Crippen LogP contribution in [0.4, 0.5) is 0 Å². The van der Waals surface area contributed by atoms with Gasteiger partial charge in [0.15, 0.2) is 0 Å². The van der Waals surface area contributed by atoms with Gasteiger partial charge in [0.1, 0.15) is 6.04 Å². The summed E-state index contributed by atoms with van der Waals surface area (Å²) in [5, 5.41) is 7.17. The van der Waals surface area contributed by atoms with Gasteiger partial charge in [-0.15, -0.1) is 11.3 Å². The number of nitrogens with one attached hydrogen (secondary N) is 1. The van der Waals surface area contributed by atoms with Crippen LogP contribution in [0.2, 0.25) is 0 Å². The van der Waals surface area contributed by atoms with Crippen molar-refractivity contribution >= 4 is 17.2 Å². The normalized spacial score (nSPS) is 15.1. The molecule has 0 aliphatic heterocycles. The monoisotopic (exact) mass is 396 g/mol. The number of aromatic nitrogens is 3. The van der Waals surface area contributed by atoms with Gasteiger partial charge in [0.05, 0.1) is 4.88 Å². The van der Waals surface area contributed by atoms with E-state index in [1.807, 2.05) is 26.0 Å². The van der Waals surface area contributed by atoms with Crippen molar-refractivity contribution in [2.24, 2.45) is 5.92 Å². The van der Waals surface area contributed by atoms with Crippen molar-refractivity contribution in [2.75, 3.05) is 0 Å². The molecule has 0 bridgehead atoms. The first kappa shape index (κ1) is 18.8. The van der Waals surface area contributed by atoms with Gasteiger partial charge in [-0.2, -0.15) is 4.98 Å². The van der Waals surface area contributed by atoms with Gasteiger partial charge in [-0.1, -0.05) is 25.4 Å². The fourth-order valence-electron chi connectivity index (χ4n) is 3.49. The van der Waals surface area contributed by atoms with E-state index in [4.69, 9.17) is 4.52 Å². The first-order valence-electron chi connectivity index (χ1n) is 9.78. The Morgan fingerprint density at radius 3 is 2.75 bits per heavy atom. The van der Waals surface area contributed by atoms with Gasteiger partial charge >= 0.3 is 0 Å². The Hall–Kier alpha value is -2.54. The number of rotatable bonds is 5. The minimum Gasteiger partial charge on any atom is -0.339 e. The molecule has 1 amide bonds. The molecule has 1 N–H and O–H groups in total. The second-order valence-electron chi connectivity index (χ2n) is 7.51. The number of carbonyl (C=O) groups excluding carboxylic acids is 1. The largest absolute Gasteiger partial charge is 0.339 e. The summed E-state index contributed by atoms with van der Waals surface area (Å²) in [5.41, 5.74) is 2.17. The molecule has 7 heteroatoms. The van der Waals surface area contributed by atoms with E-state index >= 15 is 0 Å². The van der Waals surface area contributed by atoms with E-state index in [9.17, 15) is 4.79 Å². The highest BCUT2D eigenvalue weighted by Crippen LogP contribution is 2.30. The minimum absolute atomic E-state index is 0.0690. The lowest BCUT2D eigenvalue weighted by Gasteiger charge is -2.18. The van der Waals surface area contributed by atoms with Crippen LogP contribution in [0.5, 0.6) is 0 Å². The number of aryl methyl sites for hydroxylation is 2. The predicted octanol–water partition coefficient (Wildman–Crippen LogP) is 4.59. The first-order chi connectivity index (χ1) is 13.6. The number of amides is 1. The van der Waals surface area contributed by atoms with Gasteiger partial charge in [-0.3, -0.25) is 9.78 Å². The highest BCUT2D eigenvalue weighted by Gasteiger charge is 2.26. The predicted molar refractivity (Wildman–Crippen MR) is 108 cm³/mol. The number of thiophene rings is 1. The molecule has 0 radical (unpaired) electrons. The van der Waals surface area contributed by atoms with Crippen LogP contribution in [0.1, 0.15) is 65.2 Å². The number of pyridine rings is 1. The molecule has 0 unspecified atom stereocenters. The second-order valence-corrected chi connectivity index (χ2v) is 8.64. The fourth-order valence-corrected chi connectivity index (χ4v) is 4.64. The molecule has 0 saturated carbocycles. The van der Waals surface area contributed by atoms with Gasteiger partial charge in [0.2, 0.25) is 11.7 Å². The maximum Gasteiger partial charge on any atom is 0.262 e. The Balaban J connectivity index is 1.53. The molecule has 4 rings (SSSR count). The van der Waals surface area contributed by atoms with Crippen molar-refractivity contribution in [1.82, 2.24) is 20.4 Å². The summed E-state index contributed by atoms with van der Waals surface area (Å²) in [5.74, 6) is 0.973. The van der Waals surface area contributed by atoms with E-state index < -0.39 is 0 Å². The average molecular weight is 397 g/mol. The Bertz CT molecular complexity index is 925. The summed E-state index contributed by atoms with van der Waals surface area (Å²) in [7, 11) is 0. The Kier molecular flexibility index (Phi) is 5.52. The third-order valence-electron chi connectivity index (χ3n) is 5.07. The molecular weight excluding hydrogens is 372 g/mol. The third-order valence-corrected chi connectivity index (χ3v) is 6.31. The summed E-state index contributed by atoms with van der Waals surface area (Å²) in [6.07, 6.45) is 9.23. The Morgan fingerprint density at radius 2 is 1.96 bits per heavy atom. The lowest BCUT2D eigenvalue weighted by Crippen LogP contribution is -2.31. The number of nitrogens with zero attached hydrogens (tertiary/aromatic N) is 3. The molecule has 146 valence electrons. The standard InChI is InChI=1S/C21H24N4O2S/c1-13(2)18(21-24-19(25-27-21)14-8-10-22-11-9-14)23-20(26)17-12-15-6-4-3-5-7-16(15)28-17/h8-13,18H,3-7H2,1-2H3,(H,23,26)/t18-/m0/s1. The lowest BCUT2D eigenvalue weighted by molar-refractivity contribution is 0.0918. The van der Waals surface area contributed by atoms with Crippen molar-refractivity contribution in [3.8, 4) is 11.4 Å². The van der Waals surface area contributed by atoms with E-state index in [1.165, 1.54) is 29.7 Å². The molecule has 3 heterocycles. The van der Waals surface area contributed by atoms with Crippen molar-refractivity contribution in [1.29, 1.82) is 0 Å². The zero-order chi connectivity index (χ0) is 19.5. The van der Waals surface area contributed by atoms with Crippen molar-refractivity contribution < 1.29 is 9.32 Å². The summed E-state index contributed by atoms with van der Waals surface area (Å²) >= 11 is 1.62. The summed E-state index contributed by atoms with van der Waals surface area (Å²) in [4.78, 5) is 23.6. The van der Waals surface area contributed by atoms with Crippen molar-refractivity contribution in [2.45, 2.75) is 52.0 Å². The smallest absolute Gasteiger partial charge is 0.262 e. The van der Waals surface area contributed by atoms with Crippen LogP contribution in [0, 0.1) is 5.92 Å². The van der Waals surface area contributed by atoms with E-state index in [1.54, 1.807) is 23.7 Å². The van der Waals surface area contributed by atoms with Gasteiger partial charge in [-0.25, -0.2) is 0 Å². The molecule has 1 aliphatic rings. The van der Waals surface area contributed by atoms with E-state index in [0.29, 0.717) is 11.7 Å². The fraction of sp³-hybridized carbons (Fsp3) is 0.429. The molecule has 0 spiro atoms. The molecule has 3 aromatic rings. The SMILES string of the molecule is CC(C)[C@H](NC(=O)c1cc2c(s1)CCCCC2)c1nc(-c2ccncc2)no1. The summed E-state index contributed by atoms with van der Waals surface area (Å²) < 4.78 is 5.48. The van der Waals surface area contributed by atoms with E-state index in [0.717, 1.165) is 23.3 Å². The Labute approximate surface area is 168 Å². The van der Waals surface area contributed by atoms with Crippen LogP contribution in [-0.4, -0.2) is 21.0 Å². The third kappa shape index (κ3) is 3.99. The molecular formula is C21H24N4O2S. The number of carbonyl (C=O) groups is 1. The van der Waals surface area contributed by atoms with Crippen LogP contribution in [0.3, 0.4) is 0 Å². The molecule has 3 aromatic heterocycles. The van der Waals surface area contributed by atoms with Gasteiger partial charge in [-0.05, 0) is 55.4 Å². The molecule has 1 atom stereocenters. The van der Waals surface area contributed by atoms with Crippen molar-refractivity contribution in [3.05, 3.63) is 51.8 Å². The Morgan fingerprint density at radius 1 is 1.18 bits per heavy atom. The molecule has 6 nitrogen and oxygen atoms in total. The van der Waals surface area contributed by atoms with E-state index in [-0.39, 0.29) is 17.9 Å². The minimum atomic E-state index is -0.336. The first-order valence-corrected chi connectivity index (χ1v) is 10.6. The molecule has 0 fully saturated rings. The molecule has 28 heavy (non-hydrogen) atoms. The summed E-state index contributed by atoms with van der Waals surface area (Å²) in [6.45, 7) is 4.07. The quantitative estimate of drug-likeness (QED) is 0.638. The summed E-state index contributed by atoms with van der Waals surface area (Å²) in [6, 6.07) is 5.39. The van der Waals surface area contributed by atoms with Crippen LogP contribution in [-0.2, 0) is 12.8 Å². The second kappa shape index (κ2) is 8.22. The average Bonchev–Trinajstić information content (AvgIpc) is 3.29. The van der Waals surface area contributed by atoms with Crippen LogP contribution in [0.25, 0.3) is 11.4 Å². The number of hydrogen-bond donors (Lipinski definition) is 1. The zero-order valence-electron chi connectivity index (χ0n) is 16.1. The van der Waals surface area contributed by atoms with Crippen LogP contribution < -0.4 is 5.32 Å². The maximum absolute atomic E-state index is 12.9. The molecule has 0 aromatic carbocycles. The topological polar surface area (TPSA) is 80.9 Å². The lowest BCUT2D eigenvalue weighted by atomic mass is 10.0. The van der Waals surface area contributed by atoms with Gasteiger partial charge in [0, 0.05) is 22.8 Å². The maximum atomic E-state index is 12.9. The molecule has 1 aliphatic carbocycles. The highest BCUT2D eigenvalue weighted by molar-refractivity contribution is 7.14. The van der Waals surface area contributed by atoms with Crippen LogP contribution in [0.15, 0.2) is 35.1 Å². The van der Waals surface area contributed by atoms with Crippen LogP contribution >= 0.6 is 11.3 Å². The zero-order valence-corrected chi connectivity index (χ0v) is 17.0. The van der Waals surface area contributed by atoms with Gasteiger partial charge in [0.25, 0.3) is 5.91 Å². The van der Waals surface area contributed by atoms with Gasteiger partial charge < -0.3 is 9.84 Å². The number of fused-ring (bicyclic) bond motifs is 1.